The third-order valence-electron chi connectivity index (χ3n) is 4.92. The Kier molecular flexibility index (Phi) is 8.83. The van der Waals surface area contributed by atoms with Gasteiger partial charge in [0, 0.05) is 26.1 Å². The number of fused-ring (bicyclic) bond motifs is 1. The van der Waals surface area contributed by atoms with Crippen LogP contribution in [0.25, 0.3) is 10.2 Å². The molecule has 1 fully saturated rings. The van der Waals surface area contributed by atoms with Gasteiger partial charge in [-0.15, -0.1) is 36.2 Å². The fourth-order valence-corrected chi connectivity index (χ4v) is 4.58. The minimum absolute atomic E-state index is 0. The summed E-state index contributed by atoms with van der Waals surface area (Å²) < 4.78 is 14.8. The quantitative estimate of drug-likeness (QED) is 0.602. The molecule has 2 aromatic carbocycles. The van der Waals surface area contributed by atoms with Gasteiger partial charge in [0.25, 0.3) is 0 Å². The van der Waals surface area contributed by atoms with Crippen LogP contribution in [0.3, 0.4) is 0 Å². The first-order valence-electron chi connectivity index (χ1n) is 9.31. The average Bonchev–Trinajstić information content (AvgIpc) is 3.10. The third-order valence-corrected chi connectivity index (χ3v) is 6.01. The van der Waals surface area contributed by atoms with Crippen molar-refractivity contribution in [2.75, 3.05) is 19.6 Å². The summed E-state index contributed by atoms with van der Waals surface area (Å²) in [5.74, 6) is -0.131. The van der Waals surface area contributed by atoms with Gasteiger partial charge in [-0.25, -0.2) is 9.37 Å². The van der Waals surface area contributed by atoms with Gasteiger partial charge < -0.3 is 10.2 Å². The Morgan fingerprint density at radius 3 is 2.83 bits per heavy atom. The fraction of sp³-hybridized carbons (Fsp3) is 0.333. The lowest BCUT2D eigenvalue weighted by Gasteiger charge is -2.36. The molecule has 1 atom stereocenters. The number of piperazine rings is 1. The van der Waals surface area contributed by atoms with E-state index in [4.69, 9.17) is 0 Å². The van der Waals surface area contributed by atoms with Gasteiger partial charge in [0.05, 0.1) is 21.3 Å². The van der Waals surface area contributed by atoms with E-state index in [0.29, 0.717) is 19.5 Å². The summed E-state index contributed by atoms with van der Waals surface area (Å²) in [4.78, 5) is 19.3. The highest BCUT2D eigenvalue weighted by atomic mass is 35.5. The van der Waals surface area contributed by atoms with E-state index in [1.807, 2.05) is 29.2 Å². The Hall–Kier alpha value is -1.73. The Bertz CT molecular complexity index is 919. The van der Waals surface area contributed by atoms with E-state index in [-0.39, 0.29) is 42.6 Å². The van der Waals surface area contributed by atoms with Crippen molar-refractivity contribution < 1.29 is 9.18 Å². The van der Waals surface area contributed by atoms with Gasteiger partial charge in [0.1, 0.15) is 5.82 Å². The van der Waals surface area contributed by atoms with E-state index < -0.39 is 0 Å². The Balaban J connectivity index is 0.00000150. The van der Waals surface area contributed by atoms with Crippen molar-refractivity contribution in [2.24, 2.45) is 0 Å². The number of aromatic nitrogens is 1. The molecule has 3 aromatic rings. The molecule has 4 rings (SSSR count). The predicted molar refractivity (Wildman–Crippen MR) is 121 cm³/mol. The lowest BCUT2D eigenvalue weighted by Crippen LogP contribution is -2.48. The first-order valence-corrected chi connectivity index (χ1v) is 10.1. The summed E-state index contributed by atoms with van der Waals surface area (Å²) in [6.07, 6.45) is 2.07. The third kappa shape index (κ3) is 5.66. The maximum Gasteiger partial charge on any atom is 0.223 e. The molecular formula is C21H24Cl2FN3OS. The minimum Gasteiger partial charge on any atom is -0.333 e. The van der Waals surface area contributed by atoms with Gasteiger partial charge in [-0.3, -0.25) is 4.79 Å². The van der Waals surface area contributed by atoms with Crippen molar-refractivity contribution in [1.29, 1.82) is 0 Å². The fourth-order valence-electron chi connectivity index (χ4n) is 3.58. The van der Waals surface area contributed by atoms with Crippen LogP contribution in [0.4, 0.5) is 4.39 Å². The van der Waals surface area contributed by atoms with Gasteiger partial charge in [-0.05, 0) is 42.7 Å². The van der Waals surface area contributed by atoms with E-state index >= 15 is 0 Å². The molecule has 1 unspecified atom stereocenters. The normalized spacial score (nSPS) is 16.2. The second-order valence-corrected chi connectivity index (χ2v) is 7.91. The zero-order chi connectivity index (χ0) is 18.6. The lowest BCUT2D eigenvalue weighted by molar-refractivity contribution is -0.134. The largest absolute Gasteiger partial charge is 0.333 e. The van der Waals surface area contributed by atoms with E-state index in [2.05, 4.69) is 16.4 Å². The van der Waals surface area contributed by atoms with Crippen LogP contribution in [-0.2, 0) is 11.2 Å². The number of rotatable bonds is 5. The predicted octanol–water partition coefficient (Wildman–Crippen LogP) is 4.77. The zero-order valence-corrected chi connectivity index (χ0v) is 18.3. The molecule has 29 heavy (non-hydrogen) atoms. The first kappa shape index (κ1) is 23.5. The summed E-state index contributed by atoms with van der Waals surface area (Å²) in [6, 6.07) is 14.6. The highest BCUT2D eigenvalue weighted by molar-refractivity contribution is 7.18. The smallest absolute Gasteiger partial charge is 0.223 e. The molecule has 1 aliphatic rings. The van der Waals surface area contributed by atoms with E-state index in [1.165, 1.54) is 16.8 Å². The van der Waals surface area contributed by atoms with Crippen molar-refractivity contribution in [3.63, 3.8) is 0 Å². The molecule has 0 bridgehead atoms. The van der Waals surface area contributed by atoms with Gasteiger partial charge in [-0.2, -0.15) is 0 Å². The summed E-state index contributed by atoms with van der Waals surface area (Å²) >= 11 is 1.70. The van der Waals surface area contributed by atoms with Crippen molar-refractivity contribution in [3.05, 3.63) is 64.9 Å². The summed E-state index contributed by atoms with van der Waals surface area (Å²) in [5, 5.41) is 4.38. The number of amides is 1. The Labute approximate surface area is 186 Å². The number of thiazole rings is 1. The summed E-state index contributed by atoms with van der Waals surface area (Å²) in [6.45, 7) is 2.09. The van der Waals surface area contributed by atoms with Crippen molar-refractivity contribution >= 4 is 52.3 Å². The molecule has 1 aliphatic heterocycles. The molecule has 1 aromatic heterocycles. The van der Waals surface area contributed by atoms with Crippen LogP contribution in [0.15, 0.2) is 48.5 Å². The van der Waals surface area contributed by atoms with Crippen molar-refractivity contribution in [3.8, 4) is 0 Å². The number of carbonyl (C=O) groups excluding carboxylic acids is 1. The number of hydrogen-bond donors (Lipinski definition) is 1. The number of benzene rings is 2. The minimum atomic E-state index is -0.263. The van der Waals surface area contributed by atoms with Crippen molar-refractivity contribution in [2.45, 2.75) is 25.3 Å². The molecule has 8 heteroatoms. The molecule has 0 radical (unpaired) electrons. The Morgan fingerprint density at radius 2 is 2.03 bits per heavy atom. The lowest BCUT2D eigenvalue weighted by atomic mass is 10.0. The van der Waals surface area contributed by atoms with Crippen LogP contribution in [0.2, 0.25) is 0 Å². The number of para-hydroxylation sites is 1. The average molecular weight is 456 g/mol. The topological polar surface area (TPSA) is 45.2 Å². The number of carbonyl (C=O) groups is 1. The van der Waals surface area contributed by atoms with Crippen molar-refractivity contribution in [1.82, 2.24) is 15.2 Å². The molecule has 156 valence electrons. The van der Waals surface area contributed by atoms with Crippen LogP contribution < -0.4 is 5.32 Å². The van der Waals surface area contributed by atoms with E-state index in [0.717, 1.165) is 35.5 Å². The highest BCUT2D eigenvalue weighted by Gasteiger charge is 2.27. The van der Waals surface area contributed by atoms with E-state index in [1.54, 1.807) is 17.4 Å². The van der Waals surface area contributed by atoms with Gasteiger partial charge in [0.2, 0.25) is 5.91 Å². The molecule has 0 saturated carbocycles. The van der Waals surface area contributed by atoms with Gasteiger partial charge in [-0.1, -0.05) is 24.3 Å². The first-order chi connectivity index (χ1) is 13.2. The van der Waals surface area contributed by atoms with E-state index in [9.17, 15) is 9.18 Å². The zero-order valence-electron chi connectivity index (χ0n) is 15.8. The van der Waals surface area contributed by atoms with Crippen LogP contribution in [0.1, 0.15) is 29.5 Å². The molecule has 0 aliphatic carbocycles. The number of aryl methyl sites for hydroxylation is 1. The SMILES string of the molecule is Cl.Cl.O=C(CCCc1nc2ccccc2s1)N1CCNCC1c1cccc(F)c1. The van der Waals surface area contributed by atoms with Crippen LogP contribution >= 0.6 is 36.2 Å². The highest BCUT2D eigenvalue weighted by Crippen LogP contribution is 2.25. The van der Waals surface area contributed by atoms with Crippen LogP contribution in [0, 0.1) is 5.82 Å². The molecule has 2 heterocycles. The van der Waals surface area contributed by atoms with Gasteiger partial charge in [0.15, 0.2) is 0 Å². The summed E-state index contributed by atoms with van der Waals surface area (Å²) in [5.41, 5.74) is 1.87. The maximum absolute atomic E-state index is 13.6. The molecule has 0 spiro atoms. The second kappa shape index (κ2) is 10.9. The van der Waals surface area contributed by atoms with Crippen LogP contribution in [0.5, 0.6) is 0 Å². The van der Waals surface area contributed by atoms with Crippen LogP contribution in [-0.4, -0.2) is 35.4 Å². The number of halogens is 3. The Morgan fingerprint density at radius 1 is 1.21 bits per heavy atom. The number of nitrogens with zero attached hydrogens (tertiary/aromatic N) is 2. The monoisotopic (exact) mass is 455 g/mol. The standard InChI is InChI=1S/C21H22FN3OS.2ClH/c22-16-6-3-5-15(13-16)18-14-23-11-12-25(18)21(26)10-4-9-20-24-17-7-1-2-8-19(17)27-20;;/h1-3,5-8,13,18,23H,4,9-12,14H2;2*1H. The summed E-state index contributed by atoms with van der Waals surface area (Å²) in [7, 11) is 0. The second-order valence-electron chi connectivity index (χ2n) is 6.79. The molecule has 1 amide bonds. The molecular weight excluding hydrogens is 432 g/mol. The maximum atomic E-state index is 13.6. The number of hydrogen-bond acceptors (Lipinski definition) is 4. The molecule has 1 N–H and O–H groups in total. The van der Waals surface area contributed by atoms with Gasteiger partial charge >= 0.3 is 0 Å². The number of nitrogens with one attached hydrogen (secondary N) is 1. The molecule has 4 nitrogen and oxygen atoms in total. The molecule has 1 saturated heterocycles.